The largest absolute Gasteiger partial charge is 0.325 e. The molecule has 1 saturated carbocycles. The van der Waals surface area contributed by atoms with Crippen LogP contribution in [0, 0.1) is 17.8 Å². The van der Waals surface area contributed by atoms with Gasteiger partial charge in [-0.3, -0.25) is 0 Å². The smallest absolute Gasteiger partial charge is 0.0366 e. The second-order valence-electron chi connectivity index (χ2n) is 5.44. The summed E-state index contributed by atoms with van der Waals surface area (Å²) in [5.41, 5.74) is 6.56. The highest BCUT2D eigenvalue weighted by Gasteiger charge is 2.41. The molecular formula is C14H26N2. The van der Waals surface area contributed by atoms with Crippen LogP contribution in [0.4, 0.5) is 0 Å². The molecule has 1 rings (SSSR count). The molecule has 16 heavy (non-hydrogen) atoms. The number of hydrogen-bond acceptors (Lipinski definition) is 2. The summed E-state index contributed by atoms with van der Waals surface area (Å²) in [4.78, 5) is 2.34. The third kappa shape index (κ3) is 2.78. The molecule has 2 nitrogen and oxygen atoms in total. The summed E-state index contributed by atoms with van der Waals surface area (Å²) in [7, 11) is 4.33. The highest BCUT2D eigenvalue weighted by Crippen LogP contribution is 2.38. The molecule has 3 unspecified atom stereocenters. The summed E-state index contributed by atoms with van der Waals surface area (Å²) in [6, 6.07) is 0.178. The maximum absolute atomic E-state index is 6.39. The van der Waals surface area contributed by atoms with Gasteiger partial charge in [-0.25, -0.2) is 0 Å². The average Bonchev–Trinajstić information content (AvgIpc) is 2.25. The molecule has 1 aliphatic rings. The van der Waals surface area contributed by atoms with Crippen molar-refractivity contribution in [2.45, 2.75) is 57.5 Å². The second kappa shape index (κ2) is 5.70. The molecule has 0 spiro atoms. The summed E-state index contributed by atoms with van der Waals surface area (Å²) < 4.78 is 0. The van der Waals surface area contributed by atoms with Gasteiger partial charge in [0.1, 0.15) is 0 Å². The van der Waals surface area contributed by atoms with E-state index in [2.05, 4.69) is 37.8 Å². The molecule has 0 heterocycles. The van der Waals surface area contributed by atoms with Crippen molar-refractivity contribution in [3.8, 4) is 11.8 Å². The molecule has 0 aromatic heterocycles. The number of rotatable bonds is 3. The molecule has 0 saturated heterocycles. The molecular weight excluding hydrogens is 196 g/mol. The van der Waals surface area contributed by atoms with E-state index in [-0.39, 0.29) is 11.6 Å². The Hall–Kier alpha value is -0.520. The second-order valence-corrected chi connectivity index (χ2v) is 5.44. The van der Waals surface area contributed by atoms with E-state index in [4.69, 9.17) is 5.73 Å². The van der Waals surface area contributed by atoms with Crippen LogP contribution in [0.5, 0.6) is 0 Å². The summed E-state index contributed by atoms with van der Waals surface area (Å²) in [5, 5.41) is 0. The van der Waals surface area contributed by atoms with Gasteiger partial charge in [0.05, 0.1) is 0 Å². The Morgan fingerprint density at radius 2 is 2.19 bits per heavy atom. The van der Waals surface area contributed by atoms with Crippen molar-refractivity contribution in [1.82, 2.24) is 4.90 Å². The predicted molar refractivity (Wildman–Crippen MR) is 70.1 cm³/mol. The Kier molecular flexibility index (Phi) is 4.83. The minimum atomic E-state index is 0.168. The molecule has 1 aliphatic carbocycles. The first-order valence-corrected chi connectivity index (χ1v) is 6.35. The Morgan fingerprint density at radius 3 is 2.69 bits per heavy atom. The van der Waals surface area contributed by atoms with Crippen molar-refractivity contribution in [3.05, 3.63) is 0 Å². The highest BCUT2D eigenvalue weighted by molar-refractivity contribution is 5.07. The van der Waals surface area contributed by atoms with Crippen LogP contribution in [0.25, 0.3) is 0 Å². The van der Waals surface area contributed by atoms with E-state index in [0.29, 0.717) is 0 Å². The minimum absolute atomic E-state index is 0.168. The zero-order valence-electron chi connectivity index (χ0n) is 11.2. The molecule has 0 aliphatic heterocycles. The number of nitrogens with zero attached hydrogens (tertiary/aromatic N) is 1. The first-order chi connectivity index (χ1) is 7.53. The third-order valence-electron chi connectivity index (χ3n) is 4.09. The molecule has 0 aromatic carbocycles. The molecule has 92 valence electrons. The van der Waals surface area contributed by atoms with Gasteiger partial charge in [0.15, 0.2) is 0 Å². The third-order valence-corrected chi connectivity index (χ3v) is 4.09. The maximum Gasteiger partial charge on any atom is 0.0366 e. The fourth-order valence-electron chi connectivity index (χ4n) is 3.04. The van der Waals surface area contributed by atoms with Gasteiger partial charge in [-0.1, -0.05) is 19.8 Å². The lowest BCUT2D eigenvalue weighted by molar-refractivity contribution is 0.0518. The first kappa shape index (κ1) is 13.5. The van der Waals surface area contributed by atoms with Gasteiger partial charge in [-0.2, -0.15) is 0 Å². The van der Waals surface area contributed by atoms with Gasteiger partial charge in [0.25, 0.3) is 0 Å². The Balaban J connectivity index is 2.81. The van der Waals surface area contributed by atoms with E-state index in [1.807, 2.05) is 6.92 Å². The lowest BCUT2D eigenvalue weighted by Gasteiger charge is -2.48. The monoisotopic (exact) mass is 222 g/mol. The van der Waals surface area contributed by atoms with Gasteiger partial charge < -0.3 is 10.6 Å². The quantitative estimate of drug-likeness (QED) is 0.742. The van der Waals surface area contributed by atoms with Crippen LogP contribution in [-0.2, 0) is 0 Å². The average molecular weight is 222 g/mol. The van der Waals surface area contributed by atoms with Gasteiger partial charge >= 0.3 is 0 Å². The van der Waals surface area contributed by atoms with Crippen molar-refractivity contribution in [3.63, 3.8) is 0 Å². The van der Waals surface area contributed by atoms with Crippen LogP contribution in [-0.4, -0.2) is 30.6 Å². The van der Waals surface area contributed by atoms with Crippen molar-refractivity contribution >= 4 is 0 Å². The van der Waals surface area contributed by atoms with Crippen LogP contribution in [0.2, 0.25) is 0 Å². The lowest BCUT2D eigenvalue weighted by atomic mass is 9.71. The van der Waals surface area contributed by atoms with Crippen LogP contribution in [0.1, 0.15) is 46.0 Å². The van der Waals surface area contributed by atoms with Crippen molar-refractivity contribution in [1.29, 1.82) is 0 Å². The Morgan fingerprint density at radius 1 is 1.50 bits per heavy atom. The normalized spacial score (nSPS) is 32.0. The fraction of sp³-hybridized carbons (Fsp3) is 0.857. The maximum atomic E-state index is 6.39. The van der Waals surface area contributed by atoms with Gasteiger partial charge in [-0.05, 0) is 39.8 Å². The molecule has 0 bridgehead atoms. The standard InChI is InChI=1S/C14H26N2/c1-5-6-9-13(15)14(16(3)4)10-7-8-12(2)11-14/h12-13H,7-11,15H2,1-4H3. The summed E-state index contributed by atoms with van der Waals surface area (Å²) in [5.74, 6) is 6.88. The molecule has 3 atom stereocenters. The van der Waals surface area contributed by atoms with Crippen LogP contribution >= 0.6 is 0 Å². The Labute approximate surface area is 101 Å². The SMILES string of the molecule is CC#CCC(N)C1(N(C)C)CCCC(C)C1. The van der Waals surface area contributed by atoms with Crippen LogP contribution in [0.3, 0.4) is 0 Å². The van der Waals surface area contributed by atoms with E-state index >= 15 is 0 Å². The minimum Gasteiger partial charge on any atom is -0.325 e. The first-order valence-electron chi connectivity index (χ1n) is 6.35. The number of nitrogens with two attached hydrogens (primary N) is 1. The summed E-state index contributed by atoms with van der Waals surface area (Å²) >= 11 is 0. The van der Waals surface area contributed by atoms with E-state index in [1.54, 1.807) is 0 Å². The topological polar surface area (TPSA) is 29.3 Å². The molecule has 2 N–H and O–H groups in total. The van der Waals surface area contributed by atoms with Gasteiger partial charge in [0, 0.05) is 18.0 Å². The molecule has 0 radical (unpaired) electrons. The van der Waals surface area contributed by atoms with Crippen molar-refractivity contribution in [2.24, 2.45) is 11.7 Å². The molecule has 0 amide bonds. The number of hydrogen-bond donors (Lipinski definition) is 1. The predicted octanol–water partition coefficient (Wildman–Crippen LogP) is 2.24. The number of likely N-dealkylation sites (N-methyl/N-ethyl adjacent to an activating group) is 1. The van der Waals surface area contributed by atoms with Gasteiger partial charge in [-0.15, -0.1) is 11.8 Å². The van der Waals surface area contributed by atoms with Crippen LogP contribution < -0.4 is 5.73 Å². The van der Waals surface area contributed by atoms with Crippen molar-refractivity contribution in [2.75, 3.05) is 14.1 Å². The van der Waals surface area contributed by atoms with Crippen LogP contribution in [0.15, 0.2) is 0 Å². The summed E-state index contributed by atoms with van der Waals surface area (Å²) in [6.45, 7) is 4.23. The lowest BCUT2D eigenvalue weighted by Crippen LogP contribution is -2.59. The highest BCUT2D eigenvalue weighted by atomic mass is 15.2. The van der Waals surface area contributed by atoms with E-state index in [1.165, 1.54) is 25.7 Å². The molecule has 2 heteroatoms. The Bertz CT molecular complexity index is 274. The van der Waals surface area contributed by atoms with E-state index in [9.17, 15) is 0 Å². The molecule has 0 aromatic rings. The molecule has 1 fully saturated rings. The van der Waals surface area contributed by atoms with Crippen molar-refractivity contribution < 1.29 is 0 Å². The van der Waals surface area contributed by atoms with E-state index in [0.717, 1.165) is 12.3 Å². The fourth-order valence-corrected chi connectivity index (χ4v) is 3.04. The summed E-state index contributed by atoms with van der Waals surface area (Å²) in [6.07, 6.45) is 5.90. The zero-order chi connectivity index (χ0) is 12.2. The zero-order valence-corrected chi connectivity index (χ0v) is 11.2. The van der Waals surface area contributed by atoms with Gasteiger partial charge in [0.2, 0.25) is 0 Å². The van der Waals surface area contributed by atoms with E-state index < -0.39 is 0 Å².